The predicted molar refractivity (Wildman–Crippen MR) is 79.0 cm³/mol. The van der Waals surface area contributed by atoms with Crippen molar-refractivity contribution in [1.29, 1.82) is 0 Å². The lowest BCUT2D eigenvalue weighted by Gasteiger charge is -2.37. The van der Waals surface area contributed by atoms with Crippen molar-refractivity contribution in [1.82, 2.24) is 14.8 Å². The third-order valence-corrected chi connectivity index (χ3v) is 4.55. The lowest BCUT2D eigenvalue weighted by atomic mass is 9.91. The molecule has 3 rings (SSSR count). The van der Waals surface area contributed by atoms with Crippen molar-refractivity contribution >= 4 is 11.8 Å². The summed E-state index contributed by atoms with van der Waals surface area (Å²) in [7, 11) is 0. The average molecular weight is 305 g/mol. The Bertz CT molecular complexity index is 550. The second kappa shape index (κ2) is 6.02. The molecule has 0 N–H and O–H groups in total. The van der Waals surface area contributed by atoms with Crippen LogP contribution in [0.2, 0.25) is 0 Å². The van der Waals surface area contributed by atoms with Gasteiger partial charge in [0.25, 0.3) is 11.8 Å². The summed E-state index contributed by atoms with van der Waals surface area (Å²) < 4.78 is 14.9. The van der Waals surface area contributed by atoms with E-state index < -0.39 is 5.67 Å². The lowest BCUT2D eigenvalue weighted by molar-refractivity contribution is -0.145. The summed E-state index contributed by atoms with van der Waals surface area (Å²) in [5, 5.41) is 0. The Balaban J connectivity index is 1.62. The van der Waals surface area contributed by atoms with E-state index >= 15 is 0 Å². The number of hydrogen-bond donors (Lipinski definition) is 0. The number of amides is 2. The standard InChI is InChI=1S/C16H20FN3O2/c17-16(15(22)20-9-1-2-10-20)5-11-19(12-6-16)14(21)13-3-7-18-8-4-13/h3-4,7-8H,1-2,5-6,9-12H2. The van der Waals surface area contributed by atoms with Crippen molar-refractivity contribution in [3.05, 3.63) is 30.1 Å². The van der Waals surface area contributed by atoms with Gasteiger partial charge >= 0.3 is 0 Å². The molecule has 2 aliphatic heterocycles. The average Bonchev–Trinajstić information content (AvgIpc) is 3.09. The van der Waals surface area contributed by atoms with E-state index in [1.54, 1.807) is 34.3 Å². The van der Waals surface area contributed by atoms with E-state index in [0.29, 0.717) is 18.7 Å². The molecular formula is C16H20FN3O2. The Morgan fingerprint density at radius 2 is 1.59 bits per heavy atom. The normalized spacial score (nSPS) is 21.0. The predicted octanol–water partition coefficient (Wildman–Crippen LogP) is 1.65. The van der Waals surface area contributed by atoms with E-state index in [2.05, 4.69) is 4.98 Å². The second-order valence-corrected chi connectivity index (χ2v) is 5.99. The van der Waals surface area contributed by atoms with E-state index in [4.69, 9.17) is 0 Å². The summed E-state index contributed by atoms with van der Waals surface area (Å²) >= 11 is 0. The van der Waals surface area contributed by atoms with Gasteiger partial charge in [-0.2, -0.15) is 0 Å². The fourth-order valence-corrected chi connectivity index (χ4v) is 3.16. The summed E-state index contributed by atoms with van der Waals surface area (Å²) in [4.78, 5) is 31.7. The SMILES string of the molecule is O=C(c1ccncc1)N1CCC(F)(C(=O)N2CCCC2)CC1. The summed E-state index contributed by atoms with van der Waals surface area (Å²) in [6.45, 7) is 1.86. The van der Waals surface area contributed by atoms with Crippen LogP contribution >= 0.6 is 0 Å². The van der Waals surface area contributed by atoms with Crippen LogP contribution in [0, 0.1) is 0 Å². The van der Waals surface area contributed by atoms with Crippen LogP contribution in [0.15, 0.2) is 24.5 Å². The molecule has 0 saturated carbocycles. The van der Waals surface area contributed by atoms with Gasteiger partial charge in [0.2, 0.25) is 0 Å². The minimum absolute atomic E-state index is 0.0825. The minimum Gasteiger partial charge on any atom is -0.340 e. The van der Waals surface area contributed by atoms with E-state index in [0.717, 1.165) is 12.8 Å². The number of piperidine rings is 1. The zero-order chi connectivity index (χ0) is 15.6. The third-order valence-electron chi connectivity index (χ3n) is 4.55. The fourth-order valence-electron chi connectivity index (χ4n) is 3.16. The van der Waals surface area contributed by atoms with E-state index in [9.17, 15) is 14.0 Å². The molecule has 0 bridgehead atoms. The quantitative estimate of drug-likeness (QED) is 0.835. The Labute approximate surface area is 129 Å². The van der Waals surface area contributed by atoms with Crippen molar-refractivity contribution < 1.29 is 14.0 Å². The van der Waals surface area contributed by atoms with Gasteiger partial charge in [0.1, 0.15) is 0 Å². The van der Waals surface area contributed by atoms with E-state index in [1.165, 1.54) is 0 Å². The van der Waals surface area contributed by atoms with Crippen LogP contribution in [0.3, 0.4) is 0 Å². The Hall–Kier alpha value is -1.98. The van der Waals surface area contributed by atoms with Gasteiger partial charge < -0.3 is 9.80 Å². The molecule has 2 saturated heterocycles. The maximum Gasteiger partial charge on any atom is 0.260 e. The van der Waals surface area contributed by atoms with Gasteiger partial charge in [-0.25, -0.2) is 4.39 Å². The first-order valence-electron chi connectivity index (χ1n) is 7.78. The number of alkyl halides is 1. The number of likely N-dealkylation sites (tertiary alicyclic amines) is 2. The van der Waals surface area contributed by atoms with Crippen LogP contribution in [-0.2, 0) is 4.79 Å². The highest BCUT2D eigenvalue weighted by molar-refractivity contribution is 5.94. The molecule has 2 aliphatic rings. The molecule has 1 aromatic heterocycles. The van der Waals surface area contributed by atoms with Crippen LogP contribution in [-0.4, -0.2) is 58.4 Å². The highest BCUT2D eigenvalue weighted by Gasteiger charge is 2.45. The van der Waals surface area contributed by atoms with Crippen molar-refractivity contribution in [3.8, 4) is 0 Å². The van der Waals surface area contributed by atoms with Crippen molar-refractivity contribution in [2.75, 3.05) is 26.2 Å². The third kappa shape index (κ3) is 2.82. The van der Waals surface area contributed by atoms with Crippen molar-refractivity contribution in [2.45, 2.75) is 31.4 Å². The maximum atomic E-state index is 14.9. The van der Waals surface area contributed by atoms with Gasteiger partial charge in [0.15, 0.2) is 5.67 Å². The zero-order valence-corrected chi connectivity index (χ0v) is 12.5. The molecule has 3 heterocycles. The minimum atomic E-state index is -1.81. The van der Waals surface area contributed by atoms with E-state index in [-0.39, 0.29) is 37.7 Å². The molecule has 0 spiro atoms. The molecule has 0 unspecified atom stereocenters. The smallest absolute Gasteiger partial charge is 0.260 e. The highest BCUT2D eigenvalue weighted by atomic mass is 19.1. The van der Waals surface area contributed by atoms with Crippen molar-refractivity contribution in [2.24, 2.45) is 0 Å². The topological polar surface area (TPSA) is 53.5 Å². The number of hydrogen-bond acceptors (Lipinski definition) is 3. The first-order valence-corrected chi connectivity index (χ1v) is 7.78. The van der Waals surface area contributed by atoms with Gasteiger partial charge in [-0.05, 0) is 25.0 Å². The molecule has 2 fully saturated rings. The molecule has 118 valence electrons. The van der Waals surface area contributed by atoms with Gasteiger partial charge in [-0.1, -0.05) is 0 Å². The fraction of sp³-hybridized carbons (Fsp3) is 0.562. The number of pyridine rings is 1. The number of halogens is 1. The van der Waals surface area contributed by atoms with Crippen LogP contribution in [0.4, 0.5) is 4.39 Å². The van der Waals surface area contributed by atoms with Gasteiger partial charge in [0.05, 0.1) is 0 Å². The Morgan fingerprint density at radius 1 is 1.00 bits per heavy atom. The first kappa shape index (κ1) is 14.9. The first-order chi connectivity index (χ1) is 10.6. The van der Waals surface area contributed by atoms with Crippen LogP contribution in [0.25, 0.3) is 0 Å². The lowest BCUT2D eigenvalue weighted by Crippen LogP contribution is -2.52. The molecular weight excluding hydrogens is 285 g/mol. The van der Waals surface area contributed by atoms with Gasteiger partial charge in [0, 0.05) is 57.0 Å². The number of aromatic nitrogens is 1. The zero-order valence-electron chi connectivity index (χ0n) is 12.5. The Kier molecular flexibility index (Phi) is 4.09. The number of rotatable bonds is 2. The molecule has 6 heteroatoms. The van der Waals surface area contributed by atoms with Crippen molar-refractivity contribution in [3.63, 3.8) is 0 Å². The summed E-state index contributed by atoms with van der Waals surface area (Å²) in [5.41, 5.74) is -1.26. The summed E-state index contributed by atoms with van der Waals surface area (Å²) in [6.07, 6.45) is 5.20. The maximum absolute atomic E-state index is 14.9. The molecule has 22 heavy (non-hydrogen) atoms. The molecule has 1 aromatic rings. The van der Waals surface area contributed by atoms with Crippen LogP contribution < -0.4 is 0 Å². The van der Waals surface area contributed by atoms with Gasteiger partial charge in [-0.3, -0.25) is 14.6 Å². The molecule has 0 radical (unpaired) electrons. The Morgan fingerprint density at radius 3 is 2.18 bits per heavy atom. The number of carbonyl (C=O) groups excluding carboxylic acids is 2. The molecule has 0 aromatic carbocycles. The van der Waals surface area contributed by atoms with E-state index in [1.807, 2.05) is 0 Å². The second-order valence-electron chi connectivity index (χ2n) is 5.99. The largest absolute Gasteiger partial charge is 0.340 e. The highest BCUT2D eigenvalue weighted by Crippen LogP contribution is 2.30. The van der Waals surface area contributed by atoms with Crippen LogP contribution in [0.5, 0.6) is 0 Å². The van der Waals surface area contributed by atoms with Gasteiger partial charge in [-0.15, -0.1) is 0 Å². The molecule has 0 aliphatic carbocycles. The number of carbonyl (C=O) groups is 2. The summed E-state index contributed by atoms with van der Waals surface area (Å²) in [5.74, 6) is -0.515. The number of nitrogens with zero attached hydrogens (tertiary/aromatic N) is 3. The summed E-state index contributed by atoms with van der Waals surface area (Å²) in [6, 6.07) is 3.30. The molecule has 2 amide bonds. The van der Waals surface area contributed by atoms with Crippen LogP contribution in [0.1, 0.15) is 36.0 Å². The monoisotopic (exact) mass is 305 g/mol. The molecule has 0 atom stereocenters. The molecule has 5 nitrogen and oxygen atoms in total.